The third-order valence-electron chi connectivity index (χ3n) is 4.28. The number of nitrogens with zero attached hydrogens (tertiary/aromatic N) is 4. The largest absolute Gasteiger partial charge is 0.382 e. The van der Waals surface area contributed by atoms with Crippen LogP contribution < -0.4 is 10.6 Å². The number of carbonyl (C=O) groups is 1. The van der Waals surface area contributed by atoms with Crippen LogP contribution in [0.25, 0.3) is 5.65 Å². The highest BCUT2D eigenvalue weighted by molar-refractivity contribution is 5.76. The van der Waals surface area contributed by atoms with Crippen molar-refractivity contribution in [2.45, 2.75) is 32.7 Å². The van der Waals surface area contributed by atoms with Crippen LogP contribution in [0.2, 0.25) is 0 Å². The first-order valence-corrected chi connectivity index (χ1v) is 9.70. The van der Waals surface area contributed by atoms with Gasteiger partial charge in [-0.25, -0.2) is 4.39 Å². The summed E-state index contributed by atoms with van der Waals surface area (Å²) in [4.78, 5) is 12.0. The summed E-state index contributed by atoms with van der Waals surface area (Å²) in [5, 5.41) is 18.8. The number of aromatic nitrogens is 4. The van der Waals surface area contributed by atoms with Crippen LogP contribution >= 0.6 is 0 Å². The summed E-state index contributed by atoms with van der Waals surface area (Å²) in [6.45, 7) is 4.37. The second kappa shape index (κ2) is 10.5. The molecule has 0 unspecified atom stereocenters. The van der Waals surface area contributed by atoms with Gasteiger partial charge in [0.15, 0.2) is 11.5 Å². The van der Waals surface area contributed by atoms with E-state index in [0.29, 0.717) is 56.4 Å². The Morgan fingerprint density at radius 2 is 2.00 bits per heavy atom. The lowest BCUT2D eigenvalue weighted by atomic mass is 10.2. The molecule has 1 amide bonds. The summed E-state index contributed by atoms with van der Waals surface area (Å²) in [5.74, 6) is 0.961. The van der Waals surface area contributed by atoms with Gasteiger partial charge in [0.05, 0.1) is 0 Å². The number of aryl methyl sites for hydroxylation is 1. The molecule has 0 saturated carbocycles. The fraction of sp³-hybridized carbons (Fsp3) is 0.400. The number of ether oxygens (including phenoxy) is 1. The molecular formula is C20H25FN6O2. The predicted molar refractivity (Wildman–Crippen MR) is 107 cm³/mol. The molecule has 2 heterocycles. The molecule has 0 bridgehead atoms. The summed E-state index contributed by atoms with van der Waals surface area (Å²) < 4.78 is 19.9. The highest BCUT2D eigenvalue weighted by atomic mass is 19.1. The van der Waals surface area contributed by atoms with E-state index in [-0.39, 0.29) is 11.7 Å². The normalized spacial score (nSPS) is 11.0. The molecule has 0 saturated heterocycles. The minimum Gasteiger partial charge on any atom is -0.382 e. The Labute approximate surface area is 168 Å². The van der Waals surface area contributed by atoms with Crippen LogP contribution in [-0.4, -0.2) is 45.5 Å². The fourth-order valence-corrected chi connectivity index (χ4v) is 2.74. The summed E-state index contributed by atoms with van der Waals surface area (Å²) in [6.07, 6.45) is 1.54. The van der Waals surface area contributed by atoms with E-state index in [4.69, 9.17) is 4.74 Å². The number of anilines is 1. The quantitative estimate of drug-likeness (QED) is 0.480. The van der Waals surface area contributed by atoms with Gasteiger partial charge in [-0.2, -0.15) is 4.52 Å². The zero-order chi connectivity index (χ0) is 20.5. The summed E-state index contributed by atoms with van der Waals surface area (Å²) in [5.41, 5.74) is 1.56. The summed E-state index contributed by atoms with van der Waals surface area (Å²) in [6, 6.07) is 9.91. The maximum absolute atomic E-state index is 13.0. The van der Waals surface area contributed by atoms with Gasteiger partial charge in [0.2, 0.25) is 5.91 Å². The number of hydrogen-bond acceptors (Lipinski definition) is 6. The second-order valence-corrected chi connectivity index (χ2v) is 6.49. The zero-order valence-electron chi connectivity index (χ0n) is 16.4. The Bertz CT molecular complexity index is 928. The first-order valence-electron chi connectivity index (χ1n) is 9.70. The average molecular weight is 400 g/mol. The molecule has 3 aromatic rings. The van der Waals surface area contributed by atoms with Crippen LogP contribution in [0.4, 0.5) is 10.2 Å². The summed E-state index contributed by atoms with van der Waals surface area (Å²) >= 11 is 0. The smallest absolute Gasteiger partial charge is 0.220 e. The van der Waals surface area contributed by atoms with Crippen LogP contribution in [0.15, 0.2) is 36.4 Å². The van der Waals surface area contributed by atoms with E-state index < -0.39 is 0 Å². The molecule has 2 N–H and O–H groups in total. The predicted octanol–water partition coefficient (Wildman–Crippen LogP) is 2.35. The van der Waals surface area contributed by atoms with Crippen molar-refractivity contribution in [1.82, 2.24) is 25.1 Å². The van der Waals surface area contributed by atoms with Crippen molar-refractivity contribution >= 4 is 17.4 Å². The topological polar surface area (TPSA) is 93.4 Å². The lowest BCUT2D eigenvalue weighted by Gasteiger charge is -2.07. The van der Waals surface area contributed by atoms with E-state index in [1.54, 1.807) is 16.6 Å². The Balaban J connectivity index is 1.53. The molecular weight excluding hydrogens is 375 g/mol. The molecule has 1 aromatic carbocycles. The summed E-state index contributed by atoms with van der Waals surface area (Å²) in [7, 11) is 0. The second-order valence-electron chi connectivity index (χ2n) is 6.49. The molecule has 0 radical (unpaired) electrons. The molecule has 2 aromatic heterocycles. The lowest BCUT2D eigenvalue weighted by molar-refractivity contribution is -0.121. The third kappa shape index (κ3) is 6.21. The van der Waals surface area contributed by atoms with Gasteiger partial charge in [-0.05, 0) is 43.2 Å². The number of fused-ring (bicyclic) bond motifs is 1. The molecule has 0 spiro atoms. The van der Waals surface area contributed by atoms with Gasteiger partial charge in [0, 0.05) is 39.1 Å². The number of nitrogens with one attached hydrogen (secondary N) is 2. The molecule has 8 nitrogen and oxygen atoms in total. The van der Waals surface area contributed by atoms with Gasteiger partial charge in [0.25, 0.3) is 0 Å². The monoisotopic (exact) mass is 400 g/mol. The maximum atomic E-state index is 13.0. The Kier molecular flexibility index (Phi) is 7.46. The van der Waals surface area contributed by atoms with Crippen molar-refractivity contribution in [3.63, 3.8) is 0 Å². The van der Waals surface area contributed by atoms with Crippen molar-refractivity contribution in [1.29, 1.82) is 0 Å². The van der Waals surface area contributed by atoms with E-state index in [0.717, 1.165) is 12.0 Å². The highest BCUT2D eigenvalue weighted by Gasteiger charge is 2.10. The molecule has 0 aliphatic carbocycles. The SMILES string of the molecule is CCOCCCNC(=O)CCc1nnc2ccc(NCc3ccc(F)cc3)nn12. The van der Waals surface area contributed by atoms with E-state index in [9.17, 15) is 9.18 Å². The minimum atomic E-state index is -0.263. The van der Waals surface area contributed by atoms with Crippen LogP contribution in [-0.2, 0) is 22.5 Å². The van der Waals surface area contributed by atoms with Gasteiger partial charge in [-0.3, -0.25) is 4.79 Å². The van der Waals surface area contributed by atoms with Crippen LogP contribution in [0.1, 0.15) is 31.2 Å². The maximum Gasteiger partial charge on any atom is 0.220 e. The van der Waals surface area contributed by atoms with E-state index >= 15 is 0 Å². The molecule has 9 heteroatoms. The average Bonchev–Trinajstić information content (AvgIpc) is 3.14. The fourth-order valence-electron chi connectivity index (χ4n) is 2.74. The first-order chi connectivity index (χ1) is 14.2. The molecule has 154 valence electrons. The highest BCUT2D eigenvalue weighted by Crippen LogP contribution is 2.11. The molecule has 0 fully saturated rings. The van der Waals surface area contributed by atoms with E-state index in [1.807, 2.05) is 19.1 Å². The molecule has 0 atom stereocenters. The standard InChI is InChI=1S/C20H25FN6O2/c1-2-29-13-3-12-22-20(28)11-10-19-25-24-18-9-8-17(26-27(18)19)23-14-15-4-6-16(21)7-5-15/h4-9H,2-3,10-14H2,1H3,(H,22,28)(H,23,26). The molecule has 0 aliphatic heterocycles. The van der Waals surface area contributed by atoms with Crippen molar-refractivity contribution in [3.8, 4) is 0 Å². The third-order valence-corrected chi connectivity index (χ3v) is 4.28. The van der Waals surface area contributed by atoms with Crippen molar-refractivity contribution in [3.05, 3.63) is 53.6 Å². The van der Waals surface area contributed by atoms with Gasteiger partial charge >= 0.3 is 0 Å². The number of hydrogen-bond donors (Lipinski definition) is 2. The van der Waals surface area contributed by atoms with E-state index in [1.165, 1.54) is 12.1 Å². The number of amides is 1. The van der Waals surface area contributed by atoms with Gasteiger partial charge < -0.3 is 15.4 Å². The Hall–Kier alpha value is -3.07. The number of benzene rings is 1. The van der Waals surface area contributed by atoms with Crippen molar-refractivity contribution in [2.24, 2.45) is 0 Å². The van der Waals surface area contributed by atoms with Crippen LogP contribution in [0.5, 0.6) is 0 Å². The van der Waals surface area contributed by atoms with E-state index in [2.05, 4.69) is 25.9 Å². The molecule has 29 heavy (non-hydrogen) atoms. The number of halogens is 1. The minimum absolute atomic E-state index is 0.0381. The molecule has 3 rings (SSSR count). The Morgan fingerprint density at radius 1 is 1.17 bits per heavy atom. The number of carbonyl (C=O) groups excluding carboxylic acids is 1. The van der Waals surface area contributed by atoms with Crippen LogP contribution in [0.3, 0.4) is 0 Å². The van der Waals surface area contributed by atoms with Gasteiger partial charge in [-0.1, -0.05) is 12.1 Å². The van der Waals surface area contributed by atoms with Gasteiger partial charge in [-0.15, -0.1) is 15.3 Å². The zero-order valence-corrected chi connectivity index (χ0v) is 16.4. The Morgan fingerprint density at radius 3 is 2.79 bits per heavy atom. The van der Waals surface area contributed by atoms with Crippen molar-refractivity contribution in [2.75, 3.05) is 25.1 Å². The van der Waals surface area contributed by atoms with Crippen molar-refractivity contribution < 1.29 is 13.9 Å². The number of rotatable bonds is 11. The van der Waals surface area contributed by atoms with Crippen LogP contribution in [0, 0.1) is 5.82 Å². The first kappa shape index (κ1) is 20.7. The van der Waals surface area contributed by atoms with Gasteiger partial charge in [0.1, 0.15) is 11.6 Å². The lowest BCUT2D eigenvalue weighted by Crippen LogP contribution is -2.25. The molecule has 0 aliphatic rings.